The van der Waals surface area contributed by atoms with E-state index >= 15 is 0 Å². The average Bonchev–Trinajstić information content (AvgIpc) is 3.10. The van der Waals surface area contributed by atoms with Crippen LogP contribution >= 0.6 is 11.6 Å². The first kappa shape index (κ1) is 22.0. The van der Waals surface area contributed by atoms with Crippen molar-refractivity contribution in [3.8, 4) is 11.5 Å². The number of carbonyl (C=O) groups excluding carboxylic acids is 1. The summed E-state index contributed by atoms with van der Waals surface area (Å²) >= 11 is 6.39. The van der Waals surface area contributed by atoms with Crippen molar-refractivity contribution in [2.24, 2.45) is 0 Å². The number of amides is 1. The molecule has 1 atom stereocenters. The van der Waals surface area contributed by atoms with Gasteiger partial charge in [0.2, 0.25) is 5.76 Å². The average molecular weight is 476 g/mol. The minimum Gasteiger partial charge on any atom is -0.504 e. The topological polar surface area (TPSA) is 80.0 Å². The summed E-state index contributed by atoms with van der Waals surface area (Å²) in [4.78, 5) is 29.0. The number of carbonyl (C=O) groups is 1. The zero-order chi connectivity index (χ0) is 24.3. The number of aryl methyl sites for hydroxylation is 3. The Morgan fingerprint density at radius 3 is 2.41 bits per heavy atom. The summed E-state index contributed by atoms with van der Waals surface area (Å²) in [5.74, 6) is -0.256. The number of phenols is 1. The Balaban J connectivity index is 1.83. The lowest BCUT2D eigenvalue weighted by molar-refractivity contribution is 0.0971. The van der Waals surface area contributed by atoms with Gasteiger partial charge < -0.3 is 14.3 Å². The van der Waals surface area contributed by atoms with Crippen LogP contribution in [0.4, 0.5) is 5.69 Å². The third kappa shape index (κ3) is 3.25. The molecule has 0 radical (unpaired) electrons. The molecule has 1 aliphatic heterocycles. The Hall–Kier alpha value is -3.77. The lowest BCUT2D eigenvalue weighted by atomic mass is 9.97. The molecule has 6 nitrogen and oxygen atoms in total. The summed E-state index contributed by atoms with van der Waals surface area (Å²) in [5, 5.41) is 11.0. The number of methoxy groups -OCH3 is 1. The van der Waals surface area contributed by atoms with E-state index < -0.39 is 11.9 Å². The lowest BCUT2D eigenvalue weighted by Gasteiger charge is -2.26. The molecule has 1 aromatic heterocycles. The maximum Gasteiger partial charge on any atom is 0.295 e. The van der Waals surface area contributed by atoms with Crippen LogP contribution in [0.5, 0.6) is 11.5 Å². The van der Waals surface area contributed by atoms with Gasteiger partial charge in [0.1, 0.15) is 5.58 Å². The highest BCUT2D eigenvalue weighted by atomic mass is 35.5. The highest BCUT2D eigenvalue weighted by molar-refractivity contribution is 6.31. The second-order valence-corrected chi connectivity index (χ2v) is 8.96. The highest BCUT2D eigenvalue weighted by Crippen LogP contribution is 2.43. The molecule has 0 aliphatic carbocycles. The Morgan fingerprint density at radius 1 is 0.971 bits per heavy atom. The molecule has 0 saturated carbocycles. The molecule has 2 heterocycles. The minimum absolute atomic E-state index is 0.00510. The summed E-state index contributed by atoms with van der Waals surface area (Å²) in [6.07, 6.45) is 0. The molecule has 7 heteroatoms. The van der Waals surface area contributed by atoms with Crippen LogP contribution < -0.4 is 15.1 Å². The van der Waals surface area contributed by atoms with Gasteiger partial charge in [-0.15, -0.1) is 0 Å². The first-order chi connectivity index (χ1) is 16.2. The zero-order valence-electron chi connectivity index (χ0n) is 19.1. The van der Waals surface area contributed by atoms with Gasteiger partial charge in [0.15, 0.2) is 16.9 Å². The van der Waals surface area contributed by atoms with Crippen molar-refractivity contribution in [1.29, 1.82) is 0 Å². The Morgan fingerprint density at radius 2 is 1.71 bits per heavy atom. The van der Waals surface area contributed by atoms with E-state index in [-0.39, 0.29) is 28.3 Å². The van der Waals surface area contributed by atoms with Crippen LogP contribution in [0.2, 0.25) is 5.02 Å². The van der Waals surface area contributed by atoms with E-state index in [0.717, 1.165) is 16.7 Å². The van der Waals surface area contributed by atoms with Crippen molar-refractivity contribution in [2.75, 3.05) is 12.0 Å². The Labute approximate surface area is 201 Å². The van der Waals surface area contributed by atoms with E-state index in [1.807, 2.05) is 26.8 Å². The number of benzene rings is 3. The van der Waals surface area contributed by atoms with Gasteiger partial charge in [-0.2, -0.15) is 0 Å². The summed E-state index contributed by atoms with van der Waals surface area (Å²) < 4.78 is 11.4. The van der Waals surface area contributed by atoms with E-state index in [1.54, 1.807) is 36.4 Å². The van der Waals surface area contributed by atoms with Crippen LogP contribution in [0.3, 0.4) is 0 Å². The Kier molecular flexibility index (Phi) is 5.14. The largest absolute Gasteiger partial charge is 0.504 e. The van der Waals surface area contributed by atoms with Gasteiger partial charge in [-0.25, -0.2) is 0 Å². The molecule has 5 rings (SSSR count). The number of anilines is 1. The maximum atomic E-state index is 13.8. The monoisotopic (exact) mass is 475 g/mol. The highest BCUT2D eigenvalue weighted by Gasteiger charge is 2.44. The zero-order valence-corrected chi connectivity index (χ0v) is 19.9. The van der Waals surface area contributed by atoms with Crippen molar-refractivity contribution in [3.05, 3.63) is 97.4 Å². The van der Waals surface area contributed by atoms with E-state index in [4.69, 9.17) is 20.8 Å². The second kappa shape index (κ2) is 7.92. The van der Waals surface area contributed by atoms with E-state index in [1.165, 1.54) is 18.1 Å². The van der Waals surface area contributed by atoms with Crippen molar-refractivity contribution < 1.29 is 19.1 Å². The summed E-state index contributed by atoms with van der Waals surface area (Å²) in [6.45, 7) is 5.73. The smallest absolute Gasteiger partial charge is 0.295 e. The maximum absolute atomic E-state index is 13.8. The number of nitrogens with zero attached hydrogens (tertiary/aromatic N) is 1. The van der Waals surface area contributed by atoms with Crippen LogP contribution in [0.25, 0.3) is 11.0 Å². The molecule has 0 saturated heterocycles. The summed E-state index contributed by atoms with van der Waals surface area (Å²) in [7, 11) is 1.44. The SMILES string of the molecule is COc1cc(C2c3c(oc4cc(C)c(C)cc4c3=O)C(=O)N2c2ccc(C)c(Cl)c2)ccc1O. The van der Waals surface area contributed by atoms with Gasteiger partial charge in [-0.05, 0) is 79.4 Å². The van der Waals surface area contributed by atoms with Crippen LogP contribution in [-0.2, 0) is 0 Å². The van der Waals surface area contributed by atoms with Crippen molar-refractivity contribution in [3.63, 3.8) is 0 Å². The molecule has 0 fully saturated rings. The number of hydrogen-bond donors (Lipinski definition) is 1. The molecular formula is C27H22ClNO5. The minimum atomic E-state index is -0.793. The number of fused-ring (bicyclic) bond motifs is 2. The number of phenolic OH excluding ortho intramolecular Hbond substituents is 1. The van der Waals surface area contributed by atoms with Gasteiger partial charge in [0.05, 0.1) is 24.1 Å². The number of hydrogen-bond acceptors (Lipinski definition) is 5. The fraction of sp³-hybridized carbons (Fsp3) is 0.185. The first-order valence-corrected chi connectivity index (χ1v) is 11.1. The fourth-order valence-corrected chi connectivity index (χ4v) is 4.58. The van der Waals surface area contributed by atoms with Gasteiger partial charge in [0, 0.05) is 10.7 Å². The number of aromatic hydroxyl groups is 1. The first-order valence-electron chi connectivity index (χ1n) is 10.8. The van der Waals surface area contributed by atoms with Gasteiger partial charge >= 0.3 is 0 Å². The third-order valence-electron chi connectivity index (χ3n) is 6.44. The lowest BCUT2D eigenvalue weighted by Crippen LogP contribution is -2.29. The van der Waals surface area contributed by atoms with Crippen LogP contribution in [0.1, 0.15) is 44.4 Å². The van der Waals surface area contributed by atoms with Gasteiger partial charge in [-0.1, -0.05) is 23.7 Å². The van der Waals surface area contributed by atoms with Crippen LogP contribution in [0, 0.1) is 20.8 Å². The van der Waals surface area contributed by atoms with Gasteiger partial charge in [-0.3, -0.25) is 14.5 Å². The summed E-state index contributed by atoms with van der Waals surface area (Å²) in [6, 6.07) is 12.8. The molecule has 1 aliphatic rings. The molecular weight excluding hydrogens is 454 g/mol. The van der Waals surface area contributed by atoms with Crippen molar-refractivity contribution in [2.45, 2.75) is 26.8 Å². The van der Waals surface area contributed by atoms with E-state index in [0.29, 0.717) is 27.2 Å². The third-order valence-corrected chi connectivity index (χ3v) is 6.85. The molecule has 172 valence electrons. The number of rotatable bonds is 3. The Bertz CT molecular complexity index is 1560. The molecule has 3 aromatic carbocycles. The standard InChI is InChI=1S/C27H22ClNO5/c1-13-5-7-17(12-19(13)28)29-24(16-6-8-20(30)22(11-16)33-4)23-25(31)18-9-14(2)15(3)10-21(18)34-26(23)27(29)32/h5-12,24,30H,1-4H3. The van der Waals surface area contributed by atoms with E-state index in [2.05, 4.69) is 0 Å². The second-order valence-electron chi connectivity index (χ2n) is 8.55. The number of ether oxygens (including phenoxy) is 1. The molecule has 1 amide bonds. The molecule has 0 spiro atoms. The van der Waals surface area contributed by atoms with Crippen molar-refractivity contribution in [1.82, 2.24) is 0 Å². The molecule has 1 N–H and O–H groups in total. The molecule has 34 heavy (non-hydrogen) atoms. The summed E-state index contributed by atoms with van der Waals surface area (Å²) in [5.41, 5.74) is 4.23. The van der Waals surface area contributed by atoms with E-state index in [9.17, 15) is 14.7 Å². The molecule has 1 unspecified atom stereocenters. The number of halogens is 1. The van der Waals surface area contributed by atoms with Gasteiger partial charge in [0.25, 0.3) is 5.91 Å². The quantitative estimate of drug-likeness (QED) is 0.403. The molecule has 4 aromatic rings. The predicted molar refractivity (Wildman–Crippen MR) is 131 cm³/mol. The predicted octanol–water partition coefficient (Wildman–Crippen LogP) is 5.84. The molecule has 0 bridgehead atoms. The fourth-order valence-electron chi connectivity index (χ4n) is 4.41. The van der Waals surface area contributed by atoms with Crippen molar-refractivity contribution >= 4 is 34.2 Å². The normalized spacial score (nSPS) is 15.1. The van der Waals surface area contributed by atoms with Crippen LogP contribution in [-0.4, -0.2) is 18.1 Å². The van der Waals surface area contributed by atoms with Crippen LogP contribution in [0.15, 0.2) is 57.7 Å².